The van der Waals surface area contributed by atoms with Gasteiger partial charge in [-0.25, -0.2) is 4.79 Å². The highest BCUT2D eigenvalue weighted by Gasteiger charge is 2.31. The number of aromatic nitrogens is 1. The van der Waals surface area contributed by atoms with Crippen LogP contribution in [0, 0.1) is 5.92 Å². The quantitative estimate of drug-likeness (QED) is 0.675. The molecule has 1 aliphatic heterocycles. The first-order chi connectivity index (χ1) is 12.0. The Balaban J connectivity index is 1.87. The number of carbonyl (C=O) groups is 2. The van der Waals surface area contributed by atoms with E-state index in [-0.39, 0.29) is 18.4 Å². The second kappa shape index (κ2) is 9.33. The van der Waals surface area contributed by atoms with Crippen molar-refractivity contribution in [3.05, 3.63) is 30.1 Å². The van der Waals surface area contributed by atoms with Gasteiger partial charge < -0.3 is 25.2 Å². The number of hydrogen-bond donors (Lipinski definition) is 3. The zero-order valence-corrected chi connectivity index (χ0v) is 14.5. The monoisotopic (exact) mass is 351 g/mol. The molecule has 0 saturated carbocycles. The predicted octanol–water partition coefficient (Wildman–Crippen LogP) is 0.946. The second-order valence-electron chi connectivity index (χ2n) is 6.39. The number of nitrogens with one attached hydrogen (secondary N) is 2. The number of alkyl carbamates (subject to hydrolysis) is 1. The summed E-state index contributed by atoms with van der Waals surface area (Å²) in [7, 11) is 0. The lowest BCUT2D eigenvalue weighted by Gasteiger charge is -2.23. The van der Waals surface area contributed by atoms with E-state index in [0.717, 1.165) is 0 Å². The Bertz CT molecular complexity index is 567. The number of aliphatic hydroxyl groups is 1. The number of aliphatic hydroxyl groups excluding tert-OH is 1. The van der Waals surface area contributed by atoms with Crippen LogP contribution < -0.4 is 10.6 Å². The molecule has 25 heavy (non-hydrogen) atoms. The van der Waals surface area contributed by atoms with Crippen LogP contribution in [0.15, 0.2) is 24.4 Å². The summed E-state index contributed by atoms with van der Waals surface area (Å²) >= 11 is 0. The molecule has 138 valence electrons. The van der Waals surface area contributed by atoms with Crippen LogP contribution >= 0.6 is 0 Å². The molecule has 1 fully saturated rings. The number of amides is 2. The standard InChI is InChI=1S/C17H25N3O5/c1-11(2)9-14(15(21)19-13-6-8-24-16(13)22)20-17(23)25-10-12-5-3-4-7-18-12/h3-5,7,11,13-14,16,22H,6,8-10H2,1-2H3,(H,19,21)(H,20,23)/t13?,14-,16?/m0/s1. The van der Waals surface area contributed by atoms with Gasteiger partial charge in [-0.05, 0) is 30.9 Å². The molecular weight excluding hydrogens is 326 g/mol. The third-order valence-electron chi connectivity index (χ3n) is 3.78. The summed E-state index contributed by atoms with van der Waals surface area (Å²) in [6.45, 7) is 4.32. The highest BCUT2D eigenvalue weighted by atomic mass is 16.6. The molecule has 3 atom stereocenters. The zero-order chi connectivity index (χ0) is 18.2. The van der Waals surface area contributed by atoms with E-state index in [9.17, 15) is 14.7 Å². The van der Waals surface area contributed by atoms with Gasteiger partial charge in [0.25, 0.3) is 0 Å². The topological polar surface area (TPSA) is 110 Å². The van der Waals surface area contributed by atoms with Crippen molar-refractivity contribution in [2.45, 2.75) is 51.7 Å². The van der Waals surface area contributed by atoms with E-state index < -0.39 is 24.5 Å². The molecule has 8 heteroatoms. The number of carbonyl (C=O) groups excluding carboxylic acids is 2. The average Bonchev–Trinajstić information content (AvgIpc) is 2.98. The summed E-state index contributed by atoms with van der Waals surface area (Å²) in [4.78, 5) is 28.5. The third kappa shape index (κ3) is 6.32. The molecule has 0 bridgehead atoms. The van der Waals surface area contributed by atoms with Crippen molar-refractivity contribution >= 4 is 12.0 Å². The maximum Gasteiger partial charge on any atom is 0.408 e. The van der Waals surface area contributed by atoms with Crippen LogP contribution in [0.2, 0.25) is 0 Å². The lowest BCUT2D eigenvalue weighted by molar-refractivity contribution is -0.127. The van der Waals surface area contributed by atoms with Crippen molar-refractivity contribution in [2.75, 3.05) is 6.61 Å². The number of rotatable bonds is 7. The minimum absolute atomic E-state index is 0.0257. The van der Waals surface area contributed by atoms with Crippen molar-refractivity contribution in [2.24, 2.45) is 5.92 Å². The highest BCUT2D eigenvalue weighted by molar-refractivity contribution is 5.85. The van der Waals surface area contributed by atoms with Gasteiger partial charge in [0, 0.05) is 6.20 Å². The Morgan fingerprint density at radius 1 is 1.44 bits per heavy atom. The molecule has 1 aliphatic rings. The van der Waals surface area contributed by atoms with Crippen LogP contribution in [0.5, 0.6) is 0 Å². The van der Waals surface area contributed by atoms with Crippen LogP contribution in [0.3, 0.4) is 0 Å². The van der Waals surface area contributed by atoms with Gasteiger partial charge >= 0.3 is 6.09 Å². The molecule has 8 nitrogen and oxygen atoms in total. The zero-order valence-electron chi connectivity index (χ0n) is 14.5. The number of nitrogens with zero attached hydrogens (tertiary/aromatic N) is 1. The minimum atomic E-state index is -1.01. The van der Waals surface area contributed by atoms with Gasteiger partial charge in [-0.15, -0.1) is 0 Å². The van der Waals surface area contributed by atoms with Crippen molar-refractivity contribution < 1.29 is 24.2 Å². The average molecular weight is 351 g/mol. The van der Waals surface area contributed by atoms with Crippen LogP contribution in [-0.4, -0.2) is 47.1 Å². The normalized spacial score (nSPS) is 21.0. The molecule has 2 amide bonds. The van der Waals surface area contributed by atoms with Crippen molar-refractivity contribution in [1.82, 2.24) is 15.6 Å². The SMILES string of the molecule is CC(C)C[C@H](NC(=O)OCc1ccccn1)C(=O)NC1CCOC1O. The first-order valence-electron chi connectivity index (χ1n) is 8.39. The maximum absolute atomic E-state index is 12.4. The fourth-order valence-corrected chi connectivity index (χ4v) is 2.51. The fourth-order valence-electron chi connectivity index (χ4n) is 2.51. The smallest absolute Gasteiger partial charge is 0.408 e. The number of ether oxygens (including phenoxy) is 2. The van der Waals surface area contributed by atoms with Crippen LogP contribution in [0.1, 0.15) is 32.4 Å². The minimum Gasteiger partial charge on any atom is -0.443 e. The van der Waals surface area contributed by atoms with E-state index in [1.54, 1.807) is 24.4 Å². The number of pyridine rings is 1. The molecular formula is C17H25N3O5. The van der Waals surface area contributed by atoms with E-state index in [1.807, 2.05) is 13.8 Å². The lowest BCUT2D eigenvalue weighted by atomic mass is 10.0. The maximum atomic E-state index is 12.4. The van der Waals surface area contributed by atoms with Crippen LogP contribution in [0.4, 0.5) is 4.79 Å². The van der Waals surface area contributed by atoms with Gasteiger partial charge in [0.2, 0.25) is 5.91 Å². The summed E-state index contributed by atoms with van der Waals surface area (Å²) in [6, 6.07) is 4.10. The summed E-state index contributed by atoms with van der Waals surface area (Å²) < 4.78 is 10.1. The highest BCUT2D eigenvalue weighted by Crippen LogP contribution is 2.12. The number of hydrogen-bond acceptors (Lipinski definition) is 6. The first kappa shape index (κ1) is 19.1. The van der Waals surface area contributed by atoms with E-state index in [2.05, 4.69) is 15.6 Å². The predicted molar refractivity (Wildman–Crippen MR) is 89.3 cm³/mol. The Labute approximate surface area is 146 Å². The molecule has 0 radical (unpaired) electrons. The first-order valence-corrected chi connectivity index (χ1v) is 8.39. The Hall–Kier alpha value is -2.19. The molecule has 1 aromatic rings. The van der Waals surface area contributed by atoms with Crippen molar-refractivity contribution in [3.63, 3.8) is 0 Å². The largest absolute Gasteiger partial charge is 0.443 e. The van der Waals surface area contributed by atoms with E-state index in [0.29, 0.717) is 25.1 Å². The lowest BCUT2D eigenvalue weighted by Crippen LogP contribution is -2.51. The van der Waals surface area contributed by atoms with Gasteiger partial charge in [0.15, 0.2) is 6.29 Å². The fraction of sp³-hybridized carbons (Fsp3) is 0.588. The van der Waals surface area contributed by atoms with Gasteiger partial charge in [-0.3, -0.25) is 9.78 Å². The molecule has 0 aromatic carbocycles. The molecule has 1 aromatic heterocycles. The van der Waals surface area contributed by atoms with E-state index in [1.165, 1.54) is 0 Å². The molecule has 1 saturated heterocycles. The van der Waals surface area contributed by atoms with Gasteiger partial charge in [0.1, 0.15) is 12.6 Å². The molecule has 2 rings (SSSR count). The molecule has 2 heterocycles. The van der Waals surface area contributed by atoms with E-state index >= 15 is 0 Å². The summed E-state index contributed by atoms with van der Waals surface area (Å²) in [5.41, 5.74) is 0.619. The Morgan fingerprint density at radius 3 is 2.84 bits per heavy atom. The van der Waals surface area contributed by atoms with Gasteiger partial charge in [-0.2, -0.15) is 0 Å². The van der Waals surface area contributed by atoms with Crippen molar-refractivity contribution in [1.29, 1.82) is 0 Å². The summed E-state index contributed by atoms with van der Waals surface area (Å²) in [5, 5.41) is 14.9. The summed E-state index contributed by atoms with van der Waals surface area (Å²) in [5.74, 6) is -0.172. The van der Waals surface area contributed by atoms with Crippen LogP contribution in [-0.2, 0) is 20.9 Å². The van der Waals surface area contributed by atoms with Gasteiger partial charge in [-0.1, -0.05) is 19.9 Å². The molecule has 3 N–H and O–H groups in total. The molecule has 0 spiro atoms. The summed E-state index contributed by atoms with van der Waals surface area (Å²) in [6.07, 6.45) is 0.898. The van der Waals surface area contributed by atoms with Gasteiger partial charge in [0.05, 0.1) is 18.3 Å². The Morgan fingerprint density at radius 2 is 2.24 bits per heavy atom. The van der Waals surface area contributed by atoms with Crippen molar-refractivity contribution in [3.8, 4) is 0 Å². The van der Waals surface area contributed by atoms with Crippen LogP contribution in [0.25, 0.3) is 0 Å². The van der Waals surface area contributed by atoms with E-state index in [4.69, 9.17) is 9.47 Å². The Kier molecular flexibility index (Phi) is 7.15. The third-order valence-corrected chi connectivity index (χ3v) is 3.78. The molecule has 0 aliphatic carbocycles. The second-order valence-corrected chi connectivity index (χ2v) is 6.39. The molecule has 2 unspecified atom stereocenters.